The third-order valence-corrected chi connectivity index (χ3v) is 7.39. The van der Waals surface area contributed by atoms with Crippen LogP contribution in [0, 0.1) is 13.8 Å². The molecule has 1 spiro atoms. The number of carbonyl (C=O) groups is 2. The molecule has 180 valence electrons. The number of halogens is 1. The molecular formula is C29H29ClN2O3. The van der Waals surface area contributed by atoms with Gasteiger partial charge < -0.3 is 15.0 Å². The van der Waals surface area contributed by atoms with Gasteiger partial charge in [-0.3, -0.25) is 9.59 Å². The first-order chi connectivity index (χ1) is 16.9. The van der Waals surface area contributed by atoms with Crippen molar-refractivity contribution in [3.05, 3.63) is 93.5 Å². The zero-order chi connectivity index (χ0) is 24.6. The van der Waals surface area contributed by atoms with Crippen molar-refractivity contribution in [3.8, 4) is 0 Å². The summed E-state index contributed by atoms with van der Waals surface area (Å²) in [4.78, 5) is 28.4. The second-order valence-electron chi connectivity index (χ2n) is 9.47. The van der Waals surface area contributed by atoms with Crippen molar-refractivity contribution in [3.63, 3.8) is 0 Å². The monoisotopic (exact) mass is 488 g/mol. The Morgan fingerprint density at radius 1 is 0.943 bits per heavy atom. The molecule has 0 radical (unpaired) electrons. The van der Waals surface area contributed by atoms with Crippen LogP contribution in [0.4, 0.5) is 11.4 Å². The first kappa shape index (κ1) is 23.6. The Kier molecular flexibility index (Phi) is 6.39. The number of hydrogen-bond donors (Lipinski definition) is 1. The van der Waals surface area contributed by atoms with E-state index in [2.05, 4.69) is 5.32 Å². The summed E-state index contributed by atoms with van der Waals surface area (Å²) >= 11 is 6.38. The van der Waals surface area contributed by atoms with Gasteiger partial charge in [0.15, 0.2) is 0 Å². The van der Waals surface area contributed by atoms with Crippen LogP contribution in [0.3, 0.4) is 0 Å². The number of aryl methyl sites for hydroxylation is 2. The van der Waals surface area contributed by atoms with Crippen LogP contribution in [-0.2, 0) is 10.3 Å². The zero-order valence-electron chi connectivity index (χ0n) is 20.1. The van der Waals surface area contributed by atoms with Crippen LogP contribution in [0.15, 0.2) is 60.7 Å². The van der Waals surface area contributed by atoms with E-state index in [0.717, 1.165) is 54.7 Å². The fraction of sp³-hybridized carbons (Fsp3) is 0.310. The van der Waals surface area contributed by atoms with Gasteiger partial charge in [0, 0.05) is 40.6 Å². The normalized spacial score (nSPS) is 19.3. The zero-order valence-corrected chi connectivity index (χ0v) is 20.8. The first-order valence-corrected chi connectivity index (χ1v) is 12.5. The lowest BCUT2D eigenvalue weighted by atomic mass is 9.86. The summed E-state index contributed by atoms with van der Waals surface area (Å²) in [5.41, 5.74) is 5.14. The van der Waals surface area contributed by atoms with Gasteiger partial charge in [-0.15, -0.1) is 0 Å². The Hall–Kier alpha value is -3.15. The van der Waals surface area contributed by atoms with E-state index in [-0.39, 0.29) is 17.4 Å². The Bertz CT molecular complexity index is 1300. The number of benzene rings is 3. The molecular weight excluding hydrogens is 460 g/mol. The van der Waals surface area contributed by atoms with E-state index in [1.165, 1.54) is 0 Å². The summed E-state index contributed by atoms with van der Waals surface area (Å²) in [7, 11) is 0. The van der Waals surface area contributed by atoms with Crippen molar-refractivity contribution in [1.82, 2.24) is 0 Å². The molecule has 2 aliphatic heterocycles. The Labute approximate surface area is 211 Å². The van der Waals surface area contributed by atoms with Crippen LogP contribution < -0.4 is 10.2 Å². The first-order valence-electron chi connectivity index (χ1n) is 12.1. The topological polar surface area (TPSA) is 58.6 Å². The van der Waals surface area contributed by atoms with Gasteiger partial charge in [-0.1, -0.05) is 29.8 Å². The van der Waals surface area contributed by atoms with E-state index in [9.17, 15) is 9.59 Å². The summed E-state index contributed by atoms with van der Waals surface area (Å²) in [6, 6.07) is 18.7. The van der Waals surface area contributed by atoms with Gasteiger partial charge in [-0.25, -0.2) is 0 Å². The van der Waals surface area contributed by atoms with Gasteiger partial charge >= 0.3 is 0 Å². The minimum atomic E-state index is -0.367. The summed E-state index contributed by atoms with van der Waals surface area (Å²) in [6.07, 6.45) is 3.67. The Balaban J connectivity index is 1.43. The van der Waals surface area contributed by atoms with Crippen molar-refractivity contribution in [2.45, 2.75) is 45.1 Å². The molecule has 35 heavy (non-hydrogen) atoms. The number of anilines is 2. The standard InChI is InChI=1S/C29H29ClN2O3/c1-19-7-3-4-8-23(19)27(33)31-22-10-11-24(20(2)17-22)28(34)32-15-5-13-29(14-6-16-35-29)25-18-21(30)9-12-26(25)32/h3-4,7-12,17-18H,5-6,13-16H2,1-2H3,(H,31,33). The molecule has 1 atom stereocenters. The van der Waals surface area contributed by atoms with Crippen LogP contribution in [0.5, 0.6) is 0 Å². The Morgan fingerprint density at radius 2 is 1.74 bits per heavy atom. The molecule has 0 saturated carbocycles. The maximum absolute atomic E-state index is 13.8. The molecule has 1 fully saturated rings. The lowest BCUT2D eigenvalue weighted by Crippen LogP contribution is -2.32. The van der Waals surface area contributed by atoms with Gasteiger partial charge in [0.05, 0.1) is 11.3 Å². The second-order valence-corrected chi connectivity index (χ2v) is 9.90. The van der Waals surface area contributed by atoms with Crippen LogP contribution in [0.25, 0.3) is 0 Å². The van der Waals surface area contributed by atoms with E-state index in [4.69, 9.17) is 16.3 Å². The fourth-order valence-electron chi connectivity index (χ4n) is 5.36. The van der Waals surface area contributed by atoms with Crippen molar-refractivity contribution in [1.29, 1.82) is 0 Å². The number of ether oxygens (including phenoxy) is 1. The molecule has 2 amide bonds. The minimum Gasteiger partial charge on any atom is -0.370 e. The number of nitrogens with zero attached hydrogens (tertiary/aromatic N) is 1. The SMILES string of the molecule is Cc1ccccc1C(=O)Nc1ccc(C(=O)N2CCCC3(CCCO3)c3cc(Cl)ccc32)c(C)c1. The van der Waals surface area contributed by atoms with E-state index in [1.807, 2.05) is 61.2 Å². The van der Waals surface area contributed by atoms with Crippen LogP contribution >= 0.6 is 11.6 Å². The second kappa shape index (κ2) is 9.48. The third kappa shape index (κ3) is 4.46. The molecule has 3 aromatic rings. The van der Waals surface area contributed by atoms with Gasteiger partial charge in [0.25, 0.3) is 11.8 Å². The predicted molar refractivity (Wildman–Crippen MR) is 140 cm³/mol. The summed E-state index contributed by atoms with van der Waals surface area (Å²) in [6.45, 7) is 5.16. The van der Waals surface area contributed by atoms with E-state index in [0.29, 0.717) is 28.4 Å². The van der Waals surface area contributed by atoms with Gasteiger partial charge in [0.2, 0.25) is 0 Å². The lowest BCUT2D eigenvalue weighted by molar-refractivity contribution is -0.00617. The summed E-state index contributed by atoms with van der Waals surface area (Å²) in [5.74, 6) is -0.223. The third-order valence-electron chi connectivity index (χ3n) is 7.16. The molecule has 0 aromatic heterocycles. The maximum atomic E-state index is 13.8. The molecule has 1 unspecified atom stereocenters. The highest BCUT2D eigenvalue weighted by Gasteiger charge is 2.42. The van der Waals surface area contributed by atoms with Crippen LogP contribution in [0.1, 0.15) is 63.1 Å². The molecule has 6 heteroatoms. The quantitative estimate of drug-likeness (QED) is 0.448. The molecule has 1 saturated heterocycles. The largest absolute Gasteiger partial charge is 0.370 e. The highest BCUT2D eigenvalue weighted by molar-refractivity contribution is 6.30. The van der Waals surface area contributed by atoms with Gasteiger partial charge in [-0.2, -0.15) is 0 Å². The molecule has 1 N–H and O–H groups in total. The molecule has 0 aliphatic carbocycles. The highest BCUT2D eigenvalue weighted by atomic mass is 35.5. The van der Waals surface area contributed by atoms with E-state index >= 15 is 0 Å². The fourth-order valence-corrected chi connectivity index (χ4v) is 5.53. The number of rotatable bonds is 3. The highest BCUT2D eigenvalue weighted by Crippen LogP contribution is 2.47. The number of amides is 2. The van der Waals surface area contributed by atoms with Crippen LogP contribution in [0.2, 0.25) is 5.02 Å². The van der Waals surface area contributed by atoms with Crippen molar-refractivity contribution < 1.29 is 14.3 Å². The van der Waals surface area contributed by atoms with Gasteiger partial charge in [-0.05, 0) is 93.1 Å². The molecule has 2 aliphatic rings. The maximum Gasteiger partial charge on any atom is 0.258 e. The Morgan fingerprint density at radius 3 is 2.49 bits per heavy atom. The van der Waals surface area contributed by atoms with Crippen molar-refractivity contribution in [2.75, 3.05) is 23.4 Å². The summed E-state index contributed by atoms with van der Waals surface area (Å²) < 4.78 is 6.26. The average Bonchev–Trinajstić information content (AvgIpc) is 3.26. The molecule has 5 nitrogen and oxygen atoms in total. The average molecular weight is 489 g/mol. The van der Waals surface area contributed by atoms with Crippen LogP contribution in [-0.4, -0.2) is 25.0 Å². The van der Waals surface area contributed by atoms with Gasteiger partial charge in [0.1, 0.15) is 0 Å². The molecule has 0 bridgehead atoms. The molecule has 3 aromatic carbocycles. The molecule has 2 heterocycles. The number of nitrogens with one attached hydrogen (secondary N) is 1. The lowest BCUT2D eigenvalue weighted by Gasteiger charge is -2.30. The molecule has 5 rings (SSSR count). The van der Waals surface area contributed by atoms with Crippen molar-refractivity contribution in [2.24, 2.45) is 0 Å². The smallest absolute Gasteiger partial charge is 0.258 e. The van der Waals surface area contributed by atoms with E-state index in [1.54, 1.807) is 18.2 Å². The van der Waals surface area contributed by atoms with Crippen molar-refractivity contribution >= 4 is 34.8 Å². The van der Waals surface area contributed by atoms with E-state index < -0.39 is 0 Å². The summed E-state index contributed by atoms with van der Waals surface area (Å²) in [5, 5.41) is 3.61. The number of hydrogen-bond acceptors (Lipinski definition) is 3. The number of fused-ring (bicyclic) bond motifs is 2. The minimum absolute atomic E-state index is 0.0575. The predicted octanol–water partition coefficient (Wildman–Crippen LogP) is 6.66. The number of carbonyl (C=O) groups excluding carboxylic acids is 2.